The molecule has 3 aromatic carbocycles. The van der Waals surface area contributed by atoms with Gasteiger partial charge in [-0.3, -0.25) is 5.01 Å². The molecule has 29 heavy (non-hydrogen) atoms. The van der Waals surface area contributed by atoms with Crippen molar-refractivity contribution in [2.45, 2.75) is 25.8 Å². The van der Waals surface area contributed by atoms with Crippen LogP contribution < -0.4 is 5.01 Å². The number of halogens is 1. The van der Waals surface area contributed by atoms with E-state index >= 15 is 0 Å². The smallest absolute Gasteiger partial charge is 0.335 e. The molecule has 1 atom stereocenters. The van der Waals surface area contributed by atoms with Crippen LogP contribution in [0.25, 0.3) is 0 Å². The first-order valence-electron chi connectivity index (χ1n) is 9.60. The summed E-state index contributed by atoms with van der Waals surface area (Å²) in [6, 6.07) is 23.2. The van der Waals surface area contributed by atoms with Gasteiger partial charge in [-0.05, 0) is 59.5 Å². The third-order valence-electron chi connectivity index (χ3n) is 5.24. The van der Waals surface area contributed by atoms with Crippen LogP contribution >= 0.6 is 11.6 Å². The van der Waals surface area contributed by atoms with Gasteiger partial charge >= 0.3 is 5.97 Å². The molecule has 0 fully saturated rings. The predicted octanol–water partition coefficient (Wildman–Crippen LogP) is 5.96. The SMILES string of the molecule is CCc1ccc(C2=NN(c3ccc(C(=O)O)cc3)C(c3ccc(Cl)cc3)C2)cc1. The summed E-state index contributed by atoms with van der Waals surface area (Å²) in [4.78, 5) is 11.2. The van der Waals surface area contributed by atoms with E-state index in [1.807, 2.05) is 29.3 Å². The van der Waals surface area contributed by atoms with Crippen LogP contribution in [0.15, 0.2) is 77.9 Å². The number of nitrogens with zero attached hydrogens (tertiary/aromatic N) is 2. The van der Waals surface area contributed by atoms with Crippen LogP contribution in [0.4, 0.5) is 5.69 Å². The average Bonchev–Trinajstić information content (AvgIpc) is 3.20. The molecular weight excluding hydrogens is 384 g/mol. The first-order valence-corrected chi connectivity index (χ1v) is 9.98. The minimum atomic E-state index is -0.938. The maximum Gasteiger partial charge on any atom is 0.335 e. The van der Waals surface area contributed by atoms with E-state index in [1.54, 1.807) is 24.3 Å². The van der Waals surface area contributed by atoms with Crippen molar-refractivity contribution in [2.75, 3.05) is 5.01 Å². The maximum absolute atomic E-state index is 11.2. The Balaban J connectivity index is 1.71. The summed E-state index contributed by atoms with van der Waals surface area (Å²) in [5.41, 5.74) is 5.63. The topological polar surface area (TPSA) is 52.9 Å². The van der Waals surface area contributed by atoms with Crippen molar-refractivity contribution >= 4 is 29.0 Å². The van der Waals surface area contributed by atoms with E-state index in [-0.39, 0.29) is 11.6 Å². The summed E-state index contributed by atoms with van der Waals surface area (Å²) in [6.45, 7) is 2.14. The lowest BCUT2D eigenvalue weighted by molar-refractivity contribution is 0.0697. The van der Waals surface area contributed by atoms with Crippen LogP contribution in [0.3, 0.4) is 0 Å². The van der Waals surface area contributed by atoms with Crippen LogP contribution in [0.2, 0.25) is 5.02 Å². The second-order valence-corrected chi connectivity index (χ2v) is 7.50. The van der Waals surface area contributed by atoms with Crippen LogP contribution in [0, 0.1) is 0 Å². The maximum atomic E-state index is 11.2. The summed E-state index contributed by atoms with van der Waals surface area (Å²) < 4.78 is 0. The first-order chi connectivity index (χ1) is 14.0. The molecule has 0 aromatic heterocycles. The molecule has 1 aliphatic rings. The lowest BCUT2D eigenvalue weighted by atomic mass is 9.97. The van der Waals surface area contributed by atoms with Gasteiger partial charge in [0.05, 0.1) is 23.0 Å². The molecule has 146 valence electrons. The van der Waals surface area contributed by atoms with Gasteiger partial charge in [-0.2, -0.15) is 5.10 Å². The zero-order chi connectivity index (χ0) is 20.4. The summed E-state index contributed by atoms with van der Waals surface area (Å²) >= 11 is 6.07. The summed E-state index contributed by atoms with van der Waals surface area (Å²) in [7, 11) is 0. The number of aromatic carboxylic acids is 1. The lowest BCUT2D eigenvalue weighted by Gasteiger charge is -2.24. The zero-order valence-corrected chi connectivity index (χ0v) is 16.8. The molecule has 1 N–H and O–H groups in total. The molecule has 0 aliphatic carbocycles. The summed E-state index contributed by atoms with van der Waals surface area (Å²) in [5.74, 6) is -0.938. The van der Waals surface area contributed by atoms with Crippen molar-refractivity contribution < 1.29 is 9.90 Å². The highest BCUT2D eigenvalue weighted by Crippen LogP contribution is 2.37. The van der Waals surface area contributed by atoms with E-state index in [1.165, 1.54) is 5.56 Å². The van der Waals surface area contributed by atoms with Crippen molar-refractivity contribution in [1.29, 1.82) is 0 Å². The van der Waals surface area contributed by atoms with Gasteiger partial charge in [-0.25, -0.2) is 4.79 Å². The van der Waals surface area contributed by atoms with Gasteiger partial charge in [0.25, 0.3) is 0 Å². The molecular formula is C24H21ClN2O2. The quantitative estimate of drug-likeness (QED) is 0.571. The minimum Gasteiger partial charge on any atom is -0.478 e. The standard InChI is InChI=1S/C24H21ClN2O2/c1-2-16-3-5-17(6-4-16)22-15-23(18-7-11-20(25)12-8-18)27(26-22)21-13-9-19(10-14-21)24(28)29/h3-14,23H,2,15H2,1H3,(H,28,29). The monoisotopic (exact) mass is 404 g/mol. The normalized spacial score (nSPS) is 16.0. The largest absolute Gasteiger partial charge is 0.478 e. The van der Waals surface area contributed by atoms with E-state index in [2.05, 4.69) is 31.2 Å². The van der Waals surface area contributed by atoms with Crippen LogP contribution in [-0.2, 0) is 6.42 Å². The molecule has 4 rings (SSSR count). The fourth-order valence-corrected chi connectivity index (χ4v) is 3.68. The van der Waals surface area contributed by atoms with Crippen LogP contribution in [0.1, 0.15) is 46.4 Å². The highest BCUT2D eigenvalue weighted by atomic mass is 35.5. The van der Waals surface area contributed by atoms with Gasteiger partial charge in [0.1, 0.15) is 0 Å². The molecule has 1 heterocycles. The molecule has 0 radical (unpaired) electrons. The Morgan fingerprint density at radius 1 is 1.03 bits per heavy atom. The van der Waals surface area contributed by atoms with Crippen molar-refractivity contribution in [3.63, 3.8) is 0 Å². The highest BCUT2D eigenvalue weighted by molar-refractivity contribution is 6.30. The molecule has 1 aliphatic heterocycles. The van der Waals surface area contributed by atoms with Gasteiger partial charge in [-0.15, -0.1) is 0 Å². The van der Waals surface area contributed by atoms with Gasteiger partial charge in [0, 0.05) is 11.4 Å². The Labute approximate surface area is 175 Å². The van der Waals surface area contributed by atoms with E-state index in [0.29, 0.717) is 5.02 Å². The second-order valence-electron chi connectivity index (χ2n) is 7.07. The number of carboxylic acid groups (broad SMARTS) is 1. The van der Waals surface area contributed by atoms with Crippen LogP contribution in [-0.4, -0.2) is 16.8 Å². The number of hydrogen-bond acceptors (Lipinski definition) is 3. The van der Waals surface area contributed by atoms with Crippen molar-refractivity contribution in [3.05, 3.63) is 100 Å². The number of aryl methyl sites for hydroxylation is 1. The molecule has 0 bridgehead atoms. The van der Waals surface area contributed by atoms with E-state index in [9.17, 15) is 9.90 Å². The number of hydrogen-bond donors (Lipinski definition) is 1. The second kappa shape index (κ2) is 8.10. The first kappa shape index (κ1) is 19.2. The molecule has 0 spiro atoms. The van der Waals surface area contributed by atoms with Gasteiger partial charge in [-0.1, -0.05) is 54.9 Å². The third-order valence-corrected chi connectivity index (χ3v) is 5.49. The lowest BCUT2D eigenvalue weighted by Crippen LogP contribution is -2.18. The Morgan fingerprint density at radius 3 is 2.28 bits per heavy atom. The van der Waals surface area contributed by atoms with Crippen molar-refractivity contribution in [3.8, 4) is 0 Å². The third kappa shape index (κ3) is 4.03. The van der Waals surface area contributed by atoms with Gasteiger partial charge in [0.2, 0.25) is 0 Å². The molecule has 0 amide bonds. The number of hydrazone groups is 1. The molecule has 4 nitrogen and oxygen atoms in total. The number of carbonyl (C=O) groups is 1. The summed E-state index contributed by atoms with van der Waals surface area (Å²) in [5, 5.41) is 16.8. The van der Waals surface area contributed by atoms with E-state index < -0.39 is 5.97 Å². The Bertz CT molecular complexity index is 1040. The average molecular weight is 405 g/mol. The predicted molar refractivity (Wildman–Crippen MR) is 117 cm³/mol. The van der Waals surface area contributed by atoms with Crippen LogP contribution in [0.5, 0.6) is 0 Å². The van der Waals surface area contributed by atoms with Crippen molar-refractivity contribution in [1.82, 2.24) is 0 Å². The number of anilines is 1. The summed E-state index contributed by atoms with van der Waals surface area (Å²) in [6.07, 6.45) is 1.76. The number of benzene rings is 3. The highest BCUT2D eigenvalue weighted by Gasteiger charge is 2.30. The zero-order valence-electron chi connectivity index (χ0n) is 16.0. The Kier molecular flexibility index (Phi) is 5.36. The van der Waals surface area contributed by atoms with Gasteiger partial charge in [0.15, 0.2) is 0 Å². The Morgan fingerprint density at radius 2 is 1.69 bits per heavy atom. The van der Waals surface area contributed by atoms with E-state index in [0.717, 1.165) is 35.4 Å². The van der Waals surface area contributed by atoms with Gasteiger partial charge < -0.3 is 5.11 Å². The number of rotatable bonds is 5. The molecule has 5 heteroatoms. The minimum absolute atomic E-state index is 0.0174. The molecule has 0 saturated carbocycles. The molecule has 3 aromatic rings. The fraction of sp³-hybridized carbons (Fsp3) is 0.167. The van der Waals surface area contributed by atoms with Crippen molar-refractivity contribution in [2.24, 2.45) is 5.10 Å². The number of carboxylic acids is 1. The molecule has 0 saturated heterocycles. The fourth-order valence-electron chi connectivity index (χ4n) is 3.56. The Hall–Kier alpha value is -3.11. The van der Waals surface area contributed by atoms with E-state index in [4.69, 9.17) is 16.7 Å². The molecule has 1 unspecified atom stereocenters.